The molecule has 84 valence electrons. The number of halogens is 2. The van der Waals surface area contributed by atoms with Gasteiger partial charge in [-0.1, -0.05) is 15.9 Å². The van der Waals surface area contributed by atoms with Crippen LogP contribution in [-0.4, -0.2) is 9.97 Å². The van der Waals surface area contributed by atoms with E-state index in [0.717, 1.165) is 4.47 Å². The Morgan fingerprint density at radius 3 is 2.71 bits per heavy atom. The maximum Gasteiger partial charge on any atom is 0.134 e. The number of benzene rings is 1. The van der Waals surface area contributed by atoms with Crippen LogP contribution in [0.2, 0.25) is 0 Å². The van der Waals surface area contributed by atoms with Gasteiger partial charge < -0.3 is 5.32 Å². The molecule has 0 radical (unpaired) electrons. The van der Waals surface area contributed by atoms with Gasteiger partial charge in [0.25, 0.3) is 0 Å². The minimum Gasteiger partial charge on any atom is -0.339 e. The lowest BCUT2D eigenvalue weighted by atomic mass is 10.2. The van der Waals surface area contributed by atoms with E-state index in [1.807, 2.05) is 12.1 Å². The minimum atomic E-state index is 0.558. The van der Waals surface area contributed by atoms with Crippen molar-refractivity contribution in [1.29, 1.82) is 5.26 Å². The number of hydrogen-bond acceptors (Lipinski definition) is 4. The third-order valence-electron chi connectivity index (χ3n) is 2.00. The SMILES string of the molecule is N#Cc1ccc(Br)cc1Nc1cc(Br)ncn1. The molecule has 1 aromatic heterocycles. The summed E-state index contributed by atoms with van der Waals surface area (Å²) in [4.78, 5) is 8.00. The van der Waals surface area contributed by atoms with Crippen LogP contribution in [0.15, 0.2) is 39.7 Å². The van der Waals surface area contributed by atoms with E-state index in [-0.39, 0.29) is 0 Å². The van der Waals surface area contributed by atoms with Crippen molar-refractivity contribution in [3.05, 3.63) is 45.2 Å². The van der Waals surface area contributed by atoms with Crippen molar-refractivity contribution in [1.82, 2.24) is 9.97 Å². The monoisotopic (exact) mass is 352 g/mol. The van der Waals surface area contributed by atoms with Crippen molar-refractivity contribution >= 4 is 43.4 Å². The molecule has 0 bridgehead atoms. The molecule has 2 rings (SSSR count). The fourth-order valence-corrected chi connectivity index (χ4v) is 1.93. The second kappa shape index (κ2) is 5.25. The molecule has 0 aliphatic rings. The quantitative estimate of drug-likeness (QED) is 0.837. The number of anilines is 2. The van der Waals surface area contributed by atoms with Gasteiger partial charge in [-0.25, -0.2) is 9.97 Å². The normalized spacial score (nSPS) is 9.71. The van der Waals surface area contributed by atoms with E-state index in [1.54, 1.807) is 12.1 Å². The van der Waals surface area contributed by atoms with Gasteiger partial charge in [-0.15, -0.1) is 0 Å². The van der Waals surface area contributed by atoms with E-state index in [4.69, 9.17) is 5.26 Å². The Kier molecular flexibility index (Phi) is 3.71. The van der Waals surface area contributed by atoms with Crippen LogP contribution >= 0.6 is 31.9 Å². The van der Waals surface area contributed by atoms with Gasteiger partial charge in [-0.3, -0.25) is 0 Å². The summed E-state index contributed by atoms with van der Waals surface area (Å²) in [6.45, 7) is 0. The number of nitriles is 1. The number of rotatable bonds is 2. The first-order chi connectivity index (χ1) is 8.19. The third-order valence-corrected chi connectivity index (χ3v) is 2.93. The molecule has 0 amide bonds. The molecule has 0 saturated heterocycles. The maximum atomic E-state index is 8.99. The molecule has 4 nitrogen and oxygen atoms in total. The molecule has 0 saturated carbocycles. The topological polar surface area (TPSA) is 61.6 Å². The summed E-state index contributed by atoms with van der Waals surface area (Å²) in [6.07, 6.45) is 1.44. The van der Waals surface area contributed by atoms with E-state index in [1.165, 1.54) is 6.33 Å². The maximum absolute atomic E-state index is 8.99. The summed E-state index contributed by atoms with van der Waals surface area (Å²) in [6, 6.07) is 9.24. The highest BCUT2D eigenvalue weighted by Crippen LogP contribution is 2.24. The lowest BCUT2D eigenvalue weighted by Crippen LogP contribution is -1.96. The minimum absolute atomic E-state index is 0.558. The van der Waals surface area contributed by atoms with Gasteiger partial charge in [0.1, 0.15) is 22.8 Å². The number of nitrogens with zero attached hydrogens (tertiary/aromatic N) is 3. The van der Waals surface area contributed by atoms with Crippen LogP contribution in [-0.2, 0) is 0 Å². The van der Waals surface area contributed by atoms with Crippen LogP contribution < -0.4 is 5.32 Å². The molecule has 0 aliphatic heterocycles. The molecular weight excluding hydrogens is 348 g/mol. The lowest BCUT2D eigenvalue weighted by molar-refractivity contribution is 1.14. The van der Waals surface area contributed by atoms with Crippen molar-refractivity contribution in [2.45, 2.75) is 0 Å². The zero-order chi connectivity index (χ0) is 12.3. The Balaban J connectivity index is 2.36. The molecular formula is C11H6Br2N4. The summed E-state index contributed by atoms with van der Waals surface area (Å²) in [7, 11) is 0. The number of hydrogen-bond donors (Lipinski definition) is 1. The van der Waals surface area contributed by atoms with Gasteiger partial charge in [-0.2, -0.15) is 5.26 Å². The van der Waals surface area contributed by atoms with Gasteiger partial charge >= 0.3 is 0 Å². The third kappa shape index (κ3) is 3.02. The van der Waals surface area contributed by atoms with Crippen LogP contribution in [0.1, 0.15) is 5.56 Å². The van der Waals surface area contributed by atoms with Crippen molar-refractivity contribution < 1.29 is 0 Å². The van der Waals surface area contributed by atoms with Gasteiger partial charge in [0.15, 0.2) is 0 Å². The summed E-state index contributed by atoms with van der Waals surface area (Å²) < 4.78 is 1.58. The molecule has 0 aliphatic carbocycles. The Bertz CT molecular complexity index is 592. The first kappa shape index (κ1) is 12.0. The fraction of sp³-hybridized carbons (Fsp3) is 0. The molecule has 0 fully saturated rings. The summed E-state index contributed by atoms with van der Waals surface area (Å²) in [5, 5.41) is 12.1. The molecule has 2 aromatic rings. The largest absolute Gasteiger partial charge is 0.339 e. The van der Waals surface area contributed by atoms with Gasteiger partial charge in [0.05, 0.1) is 11.3 Å². The molecule has 17 heavy (non-hydrogen) atoms. The van der Waals surface area contributed by atoms with E-state index < -0.39 is 0 Å². The van der Waals surface area contributed by atoms with Crippen LogP contribution in [0.4, 0.5) is 11.5 Å². The van der Waals surface area contributed by atoms with Crippen molar-refractivity contribution in [3.63, 3.8) is 0 Å². The van der Waals surface area contributed by atoms with E-state index in [9.17, 15) is 0 Å². The van der Waals surface area contributed by atoms with Gasteiger partial charge in [0, 0.05) is 10.5 Å². The molecule has 6 heteroatoms. The Morgan fingerprint density at radius 2 is 2.00 bits per heavy atom. The highest BCUT2D eigenvalue weighted by atomic mass is 79.9. The standard InChI is InChI=1S/C11H6Br2N4/c12-8-2-1-7(5-14)9(3-8)17-11-4-10(13)15-6-16-11/h1-4,6H,(H,15,16,17). The highest BCUT2D eigenvalue weighted by molar-refractivity contribution is 9.10. The average molecular weight is 354 g/mol. The molecule has 0 spiro atoms. The first-order valence-electron chi connectivity index (χ1n) is 4.63. The molecule has 1 N–H and O–H groups in total. The second-order valence-corrected chi connectivity index (χ2v) is 4.88. The summed E-state index contributed by atoms with van der Waals surface area (Å²) in [5.41, 5.74) is 1.26. The predicted molar refractivity (Wildman–Crippen MR) is 71.9 cm³/mol. The Morgan fingerprint density at radius 1 is 1.18 bits per heavy atom. The summed E-state index contributed by atoms with van der Waals surface area (Å²) >= 11 is 6.62. The first-order valence-corrected chi connectivity index (χ1v) is 6.22. The zero-order valence-electron chi connectivity index (χ0n) is 8.48. The van der Waals surface area contributed by atoms with Gasteiger partial charge in [-0.05, 0) is 34.1 Å². The van der Waals surface area contributed by atoms with Gasteiger partial charge in [0.2, 0.25) is 0 Å². The van der Waals surface area contributed by atoms with Crippen LogP contribution in [0, 0.1) is 11.3 Å². The average Bonchev–Trinajstić information content (AvgIpc) is 2.29. The molecule has 0 atom stereocenters. The van der Waals surface area contributed by atoms with E-state index in [2.05, 4.69) is 53.2 Å². The van der Waals surface area contributed by atoms with Crippen molar-refractivity contribution in [2.24, 2.45) is 0 Å². The number of nitrogens with one attached hydrogen (secondary N) is 1. The summed E-state index contributed by atoms with van der Waals surface area (Å²) in [5.74, 6) is 0.626. The number of aromatic nitrogens is 2. The second-order valence-electron chi connectivity index (χ2n) is 3.15. The van der Waals surface area contributed by atoms with Crippen molar-refractivity contribution in [2.75, 3.05) is 5.32 Å². The van der Waals surface area contributed by atoms with E-state index >= 15 is 0 Å². The predicted octanol–water partition coefficient (Wildman–Crippen LogP) is 3.62. The van der Waals surface area contributed by atoms with Crippen LogP contribution in [0.25, 0.3) is 0 Å². The Hall–Kier alpha value is -1.45. The molecule has 0 unspecified atom stereocenters. The van der Waals surface area contributed by atoms with E-state index in [0.29, 0.717) is 21.7 Å². The zero-order valence-corrected chi connectivity index (χ0v) is 11.7. The van der Waals surface area contributed by atoms with Crippen LogP contribution in [0.5, 0.6) is 0 Å². The van der Waals surface area contributed by atoms with Crippen molar-refractivity contribution in [3.8, 4) is 6.07 Å². The van der Waals surface area contributed by atoms with Crippen LogP contribution in [0.3, 0.4) is 0 Å². The smallest absolute Gasteiger partial charge is 0.134 e. The highest BCUT2D eigenvalue weighted by Gasteiger charge is 2.04. The molecule has 1 aromatic carbocycles. The Labute approximate surface area is 115 Å². The molecule has 1 heterocycles. The lowest BCUT2D eigenvalue weighted by Gasteiger charge is -2.07. The fourth-order valence-electron chi connectivity index (χ4n) is 1.26.